The highest BCUT2D eigenvalue weighted by molar-refractivity contribution is 5.82. The highest BCUT2D eigenvalue weighted by atomic mass is 16.2. The minimum Gasteiger partial charge on any atom is -0.371 e. The summed E-state index contributed by atoms with van der Waals surface area (Å²) in [5.41, 5.74) is 2.87. The number of benzene rings is 1. The maximum Gasteiger partial charge on any atom is 0.237 e. The normalized spacial score (nSPS) is 22.7. The van der Waals surface area contributed by atoms with Gasteiger partial charge in [-0.15, -0.1) is 0 Å². The second-order valence-corrected chi connectivity index (χ2v) is 8.57. The zero-order valence-corrected chi connectivity index (χ0v) is 16.0. The van der Waals surface area contributed by atoms with Gasteiger partial charge in [-0.1, -0.05) is 39.3 Å². The lowest BCUT2D eigenvalue weighted by atomic mass is 9.87. The van der Waals surface area contributed by atoms with Crippen molar-refractivity contribution >= 4 is 11.6 Å². The Morgan fingerprint density at radius 3 is 2.32 bits per heavy atom. The Hall–Kier alpha value is -1.55. The Bertz CT molecular complexity index is 562. The van der Waals surface area contributed by atoms with E-state index in [1.54, 1.807) is 0 Å². The molecule has 0 radical (unpaired) electrons. The van der Waals surface area contributed by atoms with Gasteiger partial charge in [-0.25, -0.2) is 0 Å². The summed E-state index contributed by atoms with van der Waals surface area (Å²) >= 11 is 0. The van der Waals surface area contributed by atoms with Crippen LogP contribution in [0, 0.1) is 0 Å². The van der Waals surface area contributed by atoms with Gasteiger partial charge in [0.15, 0.2) is 0 Å². The Kier molecular flexibility index (Phi) is 5.67. The molecule has 0 aromatic heterocycles. The molecule has 1 aromatic carbocycles. The Morgan fingerprint density at radius 1 is 1.08 bits per heavy atom. The van der Waals surface area contributed by atoms with E-state index in [1.165, 1.54) is 17.7 Å². The van der Waals surface area contributed by atoms with Crippen LogP contribution in [0.25, 0.3) is 0 Å². The Labute approximate surface area is 152 Å². The summed E-state index contributed by atoms with van der Waals surface area (Å²) in [7, 11) is 0. The van der Waals surface area contributed by atoms with E-state index in [0.717, 1.165) is 45.3 Å². The number of piperidine rings is 2. The molecule has 1 aromatic rings. The second kappa shape index (κ2) is 7.77. The predicted molar refractivity (Wildman–Crippen MR) is 104 cm³/mol. The molecule has 0 aliphatic carbocycles. The van der Waals surface area contributed by atoms with Crippen LogP contribution in [0.5, 0.6) is 0 Å². The molecule has 2 aliphatic rings. The summed E-state index contributed by atoms with van der Waals surface area (Å²) in [6.45, 7) is 9.74. The number of carbonyl (C=O) groups is 1. The van der Waals surface area contributed by atoms with Crippen molar-refractivity contribution in [2.45, 2.75) is 70.4 Å². The first kappa shape index (κ1) is 18.2. The molecule has 4 heteroatoms. The zero-order valence-electron chi connectivity index (χ0n) is 16.0. The van der Waals surface area contributed by atoms with Gasteiger partial charge in [0, 0.05) is 24.8 Å². The van der Waals surface area contributed by atoms with Crippen LogP contribution in [0.4, 0.5) is 5.69 Å². The van der Waals surface area contributed by atoms with Crippen molar-refractivity contribution in [3.63, 3.8) is 0 Å². The van der Waals surface area contributed by atoms with E-state index in [0.29, 0.717) is 6.04 Å². The molecule has 1 atom stereocenters. The van der Waals surface area contributed by atoms with Crippen LogP contribution in [0.2, 0.25) is 0 Å². The van der Waals surface area contributed by atoms with Gasteiger partial charge in [-0.05, 0) is 55.3 Å². The fourth-order valence-electron chi connectivity index (χ4n) is 3.83. The lowest BCUT2D eigenvalue weighted by Crippen LogP contribution is -2.52. The average molecular weight is 344 g/mol. The Morgan fingerprint density at radius 2 is 1.76 bits per heavy atom. The third kappa shape index (κ3) is 4.75. The van der Waals surface area contributed by atoms with Gasteiger partial charge in [0.05, 0.1) is 6.04 Å². The lowest BCUT2D eigenvalue weighted by Gasteiger charge is -2.35. The molecular weight excluding hydrogens is 310 g/mol. The van der Waals surface area contributed by atoms with Crippen LogP contribution in [-0.2, 0) is 10.2 Å². The van der Waals surface area contributed by atoms with Gasteiger partial charge in [-0.2, -0.15) is 0 Å². The van der Waals surface area contributed by atoms with Crippen molar-refractivity contribution < 1.29 is 4.79 Å². The quantitative estimate of drug-likeness (QED) is 0.886. The van der Waals surface area contributed by atoms with E-state index in [4.69, 9.17) is 0 Å². The number of nitrogens with zero attached hydrogens (tertiary/aromatic N) is 1. The van der Waals surface area contributed by atoms with Crippen molar-refractivity contribution in [3.8, 4) is 0 Å². The highest BCUT2D eigenvalue weighted by Gasteiger charge is 2.25. The summed E-state index contributed by atoms with van der Waals surface area (Å²) in [5, 5.41) is 6.60. The van der Waals surface area contributed by atoms with Crippen molar-refractivity contribution in [2.24, 2.45) is 0 Å². The topological polar surface area (TPSA) is 44.4 Å². The van der Waals surface area contributed by atoms with Crippen LogP contribution >= 0.6 is 0 Å². The van der Waals surface area contributed by atoms with Gasteiger partial charge in [0.1, 0.15) is 0 Å². The molecule has 0 saturated carbocycles. The number of hydrogen-bond donors (Lipinski definition) is 2. The van der Waals surface area contributed by atoms with Crippen LogP contribution < -0.4 is 15.5 Å². The number of carbonyl (C=O) groups excluding carboxylic acids is 1. The minimum atomic E-state index is 0.0247. The number of anilines is 1. The molecule has 2 fully saturated rings. The predicted octanol–water partition coefficient (Wildman–Crippen LogP) is 3.21. The highest BCUT2D eigenvalue weighted by Crippen LogP contribution is 2.26. The summed E-state index contributed by atoms with van der Waals surface area (Å²) in [6.07, 6.45) is 5.38. The van der Waals surface area contributed by atoms with Gasteiger partial charge < -0.3 is 15.5 Å². The van der Waals surface area contributed by atoms with Crippen molar-refractivity contribution in [2.75, 3.05) is 24.5 Å². The largest absolute Gasteiger partial charge is 0.371 e. The smallest absolute Gasteiger partial charge is 0.237 e. The number of nitrogens with one attached hydrogen (secondary N) is 2. The number of amides is 1. The number of rotatable bonds is 3. The summed E-state index contributed by atoms with van der Waals surface area (Å²) in [4.78, 5) is 14.8. The fraction of sp³-hybridized carbons (Fsp3) is 0.667. The lowest BCUT2D eigenvalue weighted by molar-refractivity contribution is -0.124. The van der Waals surface area contributed by atoms with Gasteiger partial charge in [-0.3, -0.25) is 4.79 Å². The van der Waals surface area contributed by atoms with Crippen molar-refractivity contribution in [1.29, 1.82) is 0 Å². The van der Waals surface area contributed by atoms with Crippen LogP contribution in [-0.4, -0.2) is 37.6 Å². The first-order valence-electron chi connectivity index (χ1n) is 9.83. The molecule has 3 rings (SSSR count). The molecule has 2 saturated heterocycles. The van der Waals surface area contributed by atoms with E-state index >= 15 is 0 Å². The molecule has 1 amide bonds. The third-order valence-corrected chi connectivity index (χ3v) is 5.57. The minimum absolute atomic E-state index is 0.0247. The molecule has 0 bridgehead atoms. The van der Waals surface area contributed by atoms with Gasteiger partial charge >= 0.3 is 0 Å². The third-order valence-electron chi connectivity index (χ3n) is 5.57. The van der Waals surface area contributed by atoms with E-state index < -0.39 is 0 Å². The molecule has 25 heavy (non-hydrogen) atoms. The van der Waals surface area contributed by atoms with Crippen LogP contribution in [0.3, 0.4) is 0 Å². The first-order chi connectivity index (χ1) is 11.9. The van der Waals surface area contributed by atoms with Gasteiger partial charge in [0.25, 0.3) is 0 Å². The Balaban J connectivity index is 1.49. The van der Waals surface area contributed by atoms with Crippen LogP contribution in [0.15, 0.2) is 24.3 Å². The van der Waals surface area contributed by atoms with E-state index in [9.17, 15) is 4.79 Å². The zero-order chi connectivity index (χ0) is 17.9. The molecule has 2 N–H and O–H groups in total. The molecule has 2 heterocycles. The fourth-order valence-corrected chi connectivity index (χ4v) is 3.83. The van der Waals surface area contributed by atoms with Crippen molar-refractivity contribution in [3.05, 3.63) is 29.8 Å². The standard InChI is InChI=1S/C21H33N3O/c1-21(2,3)16-7-9-18(10-8-16)24-14-11-17(12-15-24)23-20(25)19-6-4-5-13-22-19/h7-10,17,19,22H,4-6,11-15H2,1-3H3,(H,23,25)/t19-/m1/s1. The average Bonchev–Trinajstić information content (AvgIpc) is 2.62. The van der Waals surface area contributed by atoms with Crippen molar-refractivity contribution in [1.82, 2.24) is 10.6 Å². The maximum atomic E-state index is 12.4. The van der Waals surface area contributed by atoms with Gasteiger partial charge in [0.2, 0.25) is 5.91 Å². The number of hydrogen-bond acceptors (Lipinski definition) is 3. The first-order valence-corrected chi connectivity index (χ1v) is 9.83. The second-order valence-electron chi connectivity index (χ2n) is 8.57. The SMILES string of the molecule is CC(C)(C)c1ccc(N2CCC(NC(=O)[C@H]3CCCCN3)CC2)cc1. The summed E-state index contributed by atoms with van der Waals surface area (Å²) in [5.74, 6) is 0.202. The molecular formula is C21H33N3O. The molecule has 0 spiro atoms. The molecule has 138 valence electrons. The maximum absolute atomic E-state index is 12.4. The van der Waals surface area contributed by atoms with E-state index in [1.807, 2.05) is 0 Å². The summed E-state index contributed by atoms with van der Waals surface area (Å²) < 4.78 is 0. The molecule has 2 aliphatic heterocycles. The summed E-state index contributed by atoms with van der Waals surface area (Å²) in [6, 6.07) is 9.32. The van der Waals surface area contributed by atoms with E-state index in [-0.39, 0.29) is 17.4 Å². The molecule has 0 unspecified atom stereocenters. The molecule has 4 nitrogen and oxygen atoms in total. The monoisotopic (exact) mass is 343 g/mol. The van der Waals surface area contributed by atoms with E-state index in [2.05, 4.69) is 60.6 Å². The van der Waals surface area contributed by atoms with Crippen LogP contribution in [0.1, 0.15) is 58.4 Å².